The van der Waals surface area contributed by atoms with E-state index in [1.807, 2.05) is 12.1 Å². The third-order valence-electron chi connectivity index (χ3n) is 2.60. The molecule has 0 spiro atoms. The highest BCUT2D eigenvalue weighted by molar-refractivity contribution is 7.21. The van der Waals surface area contributed by atoms with Gasteiger partial charge in [-0.3, -0.25) is 0 Å². The normalized spacial score (nSPS) is 12.5. The fourth-order valence-electron chi connectivity index (χ4n) is 1.70. The van der Waals surface area contributed by atoms with E-state index >= 15 is 0 Å². The van der Waals surface area contributed by atoms with Crippen molar-refractivity contribution in [2.45, 2.75) is 6.10 Å². The van der Waals surface area contributed by atoms with Gasteiger partial charge in [-0.25, -0.2) is 4.98 Å². The van der Waals surface area contributed by atoms with Crippen LogP contribution in [0.1, 0.15) is 11.9 Å². The van der Waals surface area contributed by atoms with Gasteiger partial charge in [-0.1, -0.05) is 17.7 Å². The van der Waals surface area contributed by atoms with Gasteiger partial charge in [0.05, 0.1) is 9.72 Å². The summed E-state index contributed by atoms with van der Waals surface area (Å²) in [5.74, 6) is 0.726. The quantitative estimate of drug-likeness (QED) is 0.729. The average Bonchev–Trinajstić information content (AvgIpc) is 3.04. The lowest BCUT2D eigenvalue weighted by molar-refractivity contribution is 0.205. The van der Waals surface area contributed by atoms with E-state index in [-0.39, 0.29) is 5.76 Å². The summed E-state index contributed by atoms with van der Waals surface area (Å²) in [7, 11) is 0. The molecule has 0 amide bonds. The van der Waals surface area contributed by atoms with Crippen LogP contribution in [-0.2, 0) is 0 Å². The van der Waals surface area contributed by atoms with Crippen LogP contribution in [0.3, 0.4) is 0 Å². The van der Waals surface area contributed by atoms with Gasteiger partial charge < -0.3 is 9.52 Å². The van der Waals surface area contributed by atoms with Crippen molar-refractivity contribution in [3.8, 4) is 16.8 Å². The van der Waals surface area contributed by atoms with Crippen LogP contribution in [0.5, 0.6) is 0 Å². The maximum Gasteiger partial charge on any atom is 0.198 e. The zero-order chi connectivity index (χ0) is 13.4. The van der Waals surface area contributed by atoms with Crippen molar-refractivity contribution in [1.29, 1.82) is 5.26 Å². The SMILES string of the molecule is N#CC(O)c1ccc(-c2nc3c(Cl)cccc3s2)o1. The molecule has 94 valence electrons. The topological polar surface area (TPSA) is 70.0 Å². The number of fused-ring (bicyclic) bond motifs is 1. The van der Waals surface area contributed by atoms with Crippen LogP contribution < -0.4 is 0 Å². The predicted octanol–water partition coefficient (Wildman–Crippen LogP) is 3.77. The molecule has 2 heterocycles. The molecular weight excluding hydrogens is 284 g/mol. The van der Waals surface area contributed by atoms with E-state index in [2.05, 4.69) is 4.98 Å². The van der Waals surface area contributed by atoms with E-state index in [0.717, 1.165) is 10.2 Å². The first-order valence-corrected chi connectivity index (χ1v) is 6.61. The number of para-hydroxylation sites is 1. The molecule has 6 heteroatoms. The van der Waals surface area contributed by atoms with Gasteiger partial charge in [-0.05, 0) is 24.3 Å². The van der Waals surface area contributed by atoms with Gasteiger partial charge in [-0.15, -0.1) is 11.3 Å². The lowest BCUT2D eigenvalue weighted by atomic mass is 10.3. The molecule has 0 aliphatic rings. The van der Waals surface area contributed by atoms with Crippen molar-refractivity contribution in [1.82, 2.24) is 4.98 Å². The van der Waals surface area contributed by atoms with Crippen molar-refractivity contribution in [3.05, 3.63) is 41.1 Å². The number of aliphatic hydroxyl groups is 1. The minimum Gasteiger partial charge on any atom is -0.455 e. The summed E-state index contributed by atoms with van der Waals surface area (Å²) >= 11 is 7.51. The van der Waals surface area contributed by atoms with E-state index in [9.17, 15) is 5.11 Å². The fraction of sp³-hybridized carbons (Fsp3) is 0.0769. The maximum absolute atomic E-state index is 9.38. The number of benzene rings is 1. The number of furan rings is 1. The second kappa shape index (κ2) is 4.67. The molecule has 1 atom stereocenters. The Balaban J connectivity index is 2.07. The molecule has 3 rings (SSSR count). The summed E-state index contributed by atoms with van der Waals surface area (Å²) in [6.45, 7) is 0. The zero-order valence-corrected chi connectivity index (χ0v) is 11.1. The van der Waals surface area contributed by atoms with Gasteiger partial charge in [0.1, 0.15) is 17.3 Å². The first kappa shape index (κ1) is 12.2. The molecule has 0 radical (unpaired) electrons. The molecule has 0 saturated heterocycles. The van der Waals surface area contributed by atoms with Crippen molar-refractivity contribution in [2.75, 3.05) is 0 Å². The molecular formula is C13H7ClN2O2S. The van der Waals surface area contributed by atoms with Crippen LogP contribution >= 0.6 is 22.9 Å². The first-order valence-electron chi connectivity index (χ1n) is 5.42. The van der Waals surface area contributed by atoms with Gasteiger partial charge in [-0.2, -0.15) is 5.26 Å². The van der Waals surface area contributed by atoms with E-state index < -0.39 is 6.10 Å². The van der Waals surface area contributed by atoms with Crippen LogP contribution in [-0.4, -0.2) is 10.1 Å². The number of hydrogen-bond donors (Lipinski definition) is 1. The van der Waals surface area contributed by atoms with Gasteiger partial charge in [0.2, 0.25) is 0 Å². The highest BCUT2D eigenvalue weighted by Gasteiger charge is 2.15. The summed E-state index contributed by atoms with van der Waals surface area (Å²) in [4.78, 5) is 4.41. The van der Waals surface area contributed by atoms with Crippen molar-refractivity contribution in [3.63, 3.8) is 0 Å². The van der Waals surface area contributed by atoms with E-state index in [1.54, 1.807) is 24.3 Å². The monoisotopic (exact) mass is 290 g/mol. The highest BCUT2D eigenvalue weighted by atomic mass is 35.5. The Morgan fingerprint density at radius 2 is 2.21 bits per heavy atom. The lowest BCUT2D eigenvalue weighted by Crippen LogP contribution is -1.88. The standard InChI is InChI=1S/C13H7ClN2O2S/c14-7-2-1-3-11-12(7)16-13(19-11)10-5-4-9(18-10)8(17)6-15/h1-5,8,17H. The van der Waals surface area contributed by atoms with E-state index in [0.29, 0.717) is 15.8 Å². The van der Waals surface area contributed by atoms with Crippen molar-refractivity contribution in [2.24, 2.45) is 0 Å². The van der Waals surface area contributed by atoms with E-state index in [1.165, 1.54) is 11.3 Å². The third kappa shape index (κ3) is 2.10. The Morgan fingerprint density at radius 3 is 2.95 bits per heavy atom. The summed E-state index contributed by atoms with van der Waals surface area (Å²) in [6.07, 6.45) is -1.26. The summed E-state index contributed by atoms with van der Waals surface area (Å²) in [5, 5.41) is 19.3. The fourth-order valence-corrected chi connectivity index (χ4v) is 2.93. The molecule has 0 saturated carbocycles. The average molecular weight is 291 g/mol. The van der Waals surface area contributed by atoms with E-state index in [4.69, 9.17) is 21.3 Å². The minimum absolute atomic E-state index is 0.211. The molecule has 2 aromatic heterocycles. The number of aliphatic hydroxyl groups excluding tert-OH is 1. The first-order chi connectivity index (χ1) is 9.19. The number of rotatable bonds is 2. The van der Waals surface area contributed by atoms with Gasteiger partial charge in [0.15, 0.2) is 16.9 Å². The van der Waals surface area contributed by atoms with Crippen LogP contribution in [0.15, 0.2) is 34.7 Å². The molecule has 3 aromatic rings. The number of nitriles is 1. The molecule has 4 nitrogen and oxygen atoms in total. The Morgan fingerprint density at radius 1 is 1.37 bits per heavy atom. The van der Waals surface area contributed by atoms with Crippen LogP contribution in [0.2, 0.25) is 5.02 Å². The Labute approximate surface area is 117 Å². The summed E-state index contributed by atoms with van der Waals surface area (Å²) in [6, 6.07) is 10.5. The summed E-state index contributed by atoms with van der Waals surface area (Å²) in [5.41, 5.74) is 0.725. The second-order valence-electron chi connectivity index (χ2n) is 3.84. The maximum atomic E-state index is 9.38. The second-order valence-corrected chi connectivity index (χ2v) is 5.28. The lowest BCUT2D eigenvalue weighted by Gasteiger charge is -1.94. The minimum atomic E-state index is -1.26. The Hall–Kier alpha value is -1.87. The molecule has 0 bridgehead atoms. The molecule has 1 aromatic carbocycles. The molecule has 0 fully saturated rings. The van der Waals surface area contributed by atoms with Gasteiger partial charge >= 0.3 is 0 Å². The van der Waals surface area contributed by atoms with Gasteiger partial charge in [0.25, 0.3) is 0 Å². The smallest absolute Gasteiger partial charge is 0.198 e. The van der Waals surface area contributed by atoms with Crippen LogP contribution in [0.4, 0.5) is 0 Å². The molecule has 1 N–H and O–H groups in total. The number of thiazole rings is 1. The Kier molecular flexibility index (Phi) is 2.99. The van der Waals surface area contributed by atoms with Crippen LogP contribution in [0, 0.1) is 11.3 Å². The third-order valence-corrected chi connectivity index (χ3v) is 3.94. The largest absolute Gasteiger partial charge is 0.455 e. The molecule has 1 unspecified atom stereocenters. The zero-order valence-electron chi connectivity index (χ0n) is 9.50. The molecule has 0 aliphatic heterocycles. The number of halogens is 1. The number of aromatic nitrogens is 1. The Bertz CT molecular complexity index is 787. The number of hydrogen-bond acceptors (Lipinski definition) is 5. The predicted molar refractivity (Wildman–Crippen MR) is 72.9 cm³/mol. The van der Waals surface area contributed by atoms with Crippen molar-refractivity contribution >= 4 is 33.2 Å². The van der Waals surface area contributed by atoms with Crippen LogP contribution in [0.25, 0.3) is 21.0 Å². The molecule has 0 aliphatic carbocycles. The summed E-state index contributed by atoms with van der Waals surface area (Å²) < 4.78 is 6.38. The molecule has 19 heavy (non-hydrogen) atoms. The van der Waals surface area contributed by atoms with Crippen molar-refractivity contribution < 1.29 is 9.52 Å². The number of nitrogens with zero attached hydrogens (tertiary/aromatic N) is 2. The van der Waals surface area contributed by atoms with Gasteiger partial charge in [0, 0.05) is 0 Å². The highest BCUT2D eigenvalue weighted by Crippen LogP contribution is 2.34.